The molecule has 3 heterocycles. The van der Waals surface area contributed by atoms with Crippen LogP contribution in [0.1, 0.15) is 39.4 Å². The molecule has 4 aromatic rings. The van der Waals surface area contributed by atoms with Crippen LogP contribution in [-0.2, 0) is 6.54 Å². The number of hydrogen-bond donors (Lipinski definition) is 1. The standard InChI is InChI=1S/C27H26F3N5O3/c1-17-20(24(36)32-16-27(28,29)30)7-8-22-21(17)15-35(33-22)14-18-9-11-34(12-10-18)26(37)25-31-13-23(38-25)19-5-3-2-4-6-19/h2-8,13,15,18H,9-12,14,16H2,1H3,(H,32,36). The summed E-state index contributed by atoms with van der Waals surface area (Å²) < 4.78 is 44.9. The number of aromatic nitrogens is 3. The van der Waals surface area contributed by atoms with Gasteiger partial charge in [0.1, 0.15) is 6.54 Å². The van der Waals surface area contributed by atoms with E-state index in [0.29, 0.717) is 36.5 Å². The quantitative estimate of drug-likeness (QED) is 0.389. The number of aryl methyl sites for hydroxylation is 1. The Labute approximate surface area is 216 Å². The second-order valence-corrected chi connectivity index (χ2v) is 9.45. The Bertz CT molecular complexity index is 1450. The lowest BCUT2D eigenvalue weighted by molar-refractivity contribution is -0.123. The van der Waals surface area contributed by atoms with Crippen molar-refractivity contribution in [1.29, 1.82) is 0 Å². The summed E-state index contributed by atoms with van der Waals surface area (Å²) in [6.45, 7) is 2.08. The van der Waals surface area contributed by atoms with Crippen molar-refractivity contribution in [2.75, 3.05) is 19.6 Å². The van der Waals surface area contributed by atoms with Crippen molar-refractivity contribution in [3.63, 3.8) is 0 Å². The highest BCUT2D eigenvalue weighted by Crippen LogP contribution is 2.26. The van der Waals surface area contributed by atoms with Crippen LogP contribution in [0.4, 0.5) is 13.2 Å². The highest BCUT2D eigenvalue weighted by Gasteiger charge is 2.29. The fourth-order valence-electron chi connectivity index (χ4n) is 4.72. The molecule has 0 bridgehead atoms. The molecular weight excluding hydrogens is 499 g/mol. The van der Waals surface area contributed by atoms with Crippen LogP contribution in [0.25, 0.3) is 22.2 Å². The van der Waals surface area contributed by atoms with Gasteiger partial charge in [-0.05, 0) is 43.4 Å². The van der Waals surface area contributed by atoms with Crippen LogP contribution >= 0.6 is 0 Å². The van der Waals surface area contributed by atoms with Gasteiger partial charge in [-0.25, -0.2) is 4.98 Å². The van der Waals surface area contributed by atoms with Gasteiger partial charge in [0.15, 0.2) is 5.76 Å². The molecule has 0 unspecified atom stereocenters. The van der Waals surface area contributed by atoms with E-state index < -0.39 is 18.6 Å². The first kappa shape index (κ1) is 25.5. The predicted octanol–water partition coefficient (Wildman–Crippen LogP) is 4.84. The van der Waals surface area contributed by atoms with Gasteiger partial charge in [-0.15, -0.1) is 0 Å². The first-order chi connectivity index (χ1) is 18.2. The molecule has 1 saturated heterocycles. The van der Waals surface area contributed by atoms with Gasteiger partial charge in [0.25, 0.3) is 11.8 Å². The molecule has 1 aliphatic rings. The lowest BCUT2D eigenvalue weighted by atomic mass is 9.97. The van der Waals surface area contributed by atoms with E-state index in [-0.39, 0.29) is 23.3 Å². The highest BCUT2D eigenvalue weighted by molar-refractivity contribution is 6.00. The minimum absolute atomic E-state index is 0.0752. The number of benzene rings is 2. The van der Waals surface area contributed by atoms with Crippen molar-refractivity contribution in [1.82, 2.24) is 25.0 Å². The van der Waals surface area contributed by atoms with Crippen molar-refractivity contribution in [2.24, 2.45) is 5.92 Å². The molecule has 8 nitrogen and oxygen atoms in total. The Morgan fingerprint density at radius 3 is 2.55 bits per heavy atom. The third kappa shape index (κ3) is 5.56. The van der Waals surface area contributed by atoms with E-state index in [4.69, 9.17) is 4.42 Å². The molecule has 0 atom stereocenters. The third-order valence-electron chi connectivity index (χ3n) is 6.79. The molecule has 2 aromatic heterocycles. The van der Waals surface area contributed by atoms with E-state index in [2.05, 4.69) is 10.1 Å². The monoisotopic (exact) mass is 525 g/mol. The van der Waals surface area contributed by atoms with E-state index >= 15 is 0 Å². The summed E-state index contributed by atoms with van der Waals surface area (Å²) in [7, 11) is 0. The number of halogens is 3. The number of piperidine rings is 1. The van der Waals surface area contributed by atoms with Crippen LogP contribution < -0.4 is 5.32 Å². The summed E-state index contributed by atoms with van der Waals surface area (Å²) in [5, 5.41) is 7.22. The van der Waals surface area contributed by atoms with Crippen molar-refractivity contribution >= 4 is 22.7 Å². The molecule has 2 amide bonds. The largest absolute Gasteiger partial charge is 0.432 e. The molecular formula is C27H26F3N5O3. The summed E-state index contributed by atoms with van der Waals surface area (Å²) >= 11 is 0. The SMILES string of the molecule is Cc1c(C(=O)NCC(F)(F)F)ccc2nn(CC3CCN(C(=O)c4ncc(-c5ccccc5)o4)CC3)cc12. The summed E-state index contributed by atoms with van der Waals surface area (Å²) in [6.07, 6.45) is 0.459. The van der Waals surface area contributed by atoms with E-state index in [9.17, 15) is 22.8 Å². The Kier molecular flexibility index (Phi) is 6.92. The number of rotatable bonds is 6. The van der Waals surface area contributed by atoms with Crippen LogP contribution in [0, 0.1) is 12.8 Å². The summed E-state index contributed by atoms with van der Waals surface area (Å²) in [4.78, 5) is 31.1. The van der Waals surface area contributed by atoms with Crippen LogP contribution in [-0.4, -0.2) is 57.3 Å². The summed E-state index contributed by atoms with van der Waals surface area (Å²) in [6, 6.07) is 12.6. The molecule has 0 spiro atoms. The number of alkyl halides is 3. The molecule has 2 aromatic carbocycles. The van der Waals surface area contributed by atoms with Gasteiger partial charge >= 0.3 is 12.1 Å². The number of nitrogens with zero attached hydrogens (tertiary/aromatic N) is 4. The number of fused-ring (bicyclic) bond motifs is 1. The maximum Gasteiger partial charge on any atom is 0.405 e. The first-order valence-corrected chi connectivity index (χ1v) is 12.3. The zero-order chi connectivity index (χ0) is 26.9. The molecule has 1 aliphatic heterocycles. The number of likely N-dealkylation sites (tertiary alicyclic amines) is 1. The van der Waals surface area contributed by atoms with Crippen molar-refractivity contribution in [3.8, 4) is 11.3 Å². The van der Waals surface area contributed by atoms with Crippen molar-refractivity contribution in [2.45, 2.75) is 32.5 Å². The first-order valence-electron chi connectivity index (χ1n) is 12.3. The zero-order valence-corrected chi connectivity index (χ0v) is 20.7. The molecule has 0 aliphatic carbocycles. The Hall–Kier alpha value is -4.15. The maximum atomic E-state index is 12.9. The number of amides is 2. The van der Waals surface area contributed by atoms with Gasteiger partial charge < -0.3 is 14.6 Å². The highest BCUT2D eigenvalue weighted by atomic mass is 19.4. The average molecular weight is 526 g/mol. The summed E-state index contributed by atoms with van der Waals surface area (Å²) in [5.41, 5.74) is 2.29. The zero-order valence-electron chi connectivity index (χ0n) is 20.7. The number of carbonyl (C=O) groups is 2. The number of carbonyl (C=O) groups excluding carboxylic acids is 2. The van der Waals surface area contributed by atoms with Gasteiger partial charge in [-0.2, -0.15) is 18.3 Å². The molecule has 1 N–H and O–H groups in total. The molecule has 11 heteroatoms. The lowest BCUT2D eigenvalue weighted by Crippen LogP contribution is -2.39. The van der Waals surface area contributed by atoms with Gasteiger partial charge in [-0.3, -0.25) is 14.3 Å². The van der Waals surface area contributed by atoms with Crippen LogP contribution in [0.5, 0.6) is 0 Å². The minimum Gasteiger partial charge on any atom is -0.432 e. The van der Waals surface area contributed by atoms with Gasteiger partial charge in [0.05, 0.1) is 11.7 Å². The number of oxazole rings is 1. The van der Waals surface area contributed by atoms with Crippen molar-refractivity contribution in [3.05, 3.63) is 71.9 Å². The van der Waals surface area contributed by atoms with Crippen LogP contribution in [0.2, 0.25) is 0 Å². The van der Waals surface area contributed by atoms with Crippen molar-refractivity contribution < 1.29 is 27.2 Å². The molecule has 0 saturated carbocycles. The molecule has 5 rings (SSSR count). The van der Waals surface area contributed by atoms with Gasteiger partial charge in [-0.1, -0.05) is 30.3 Å². The van der Waals surface area contributed by atoms with Crippen LogP contribution in [0.15, 0.2) is 59.3 Å². The fourth-order valence-corrected chi connectivity index (χ4v) is 4.72. The number of hydrogen-bond acceptors (Lipinski definition) is 5. The Balaban J connectivity index is 1.19. The topological polar surface area (TPSA) is 93.3 Å². The average Bonchev–Trinajstić information content (AvgIpc) is 3.56. The smallest absolute Gasteiger partial charge is 0.405 e. The predicted molar refractivity (Wildman–Crippen MR) is 133 cm³/mol. The van der Waals surface area contributed by atoms with Crippen LogP contribution in [0.3, 0.4) is 0 Å². The lowest BCUT2D eigenvalue weighted by Gasteiger charge is -2.31. The van der Waals surface area contributed by atoms with E-state index in [1.165, 1.54) is 6.07 Å². The summed E-state index contributed by atoms with van der Waals surface area (Å²) in [5.74, 6) is -0.0967. The van der Waals surface area contributed by atoms with E-state index in [0.717, 1.165) is 23.8 Å². The normalized spacial score (nSPS) is 14.7. The molecule has 198 valence electrons. The fraction of sp³-hybridized carbons (Fsp3) is 0.333. The third-order valence-corrected chi connectivity index (χ3v) is 6.79. The number of nitrogens with one attached hydrogen (secondary N) is 1. The van der Waals surface area contributed by atoms with Gasteiger partial charge in [0, 0.05) is 42.3 Å². The van der Waals surface area contributed by atoms with Gasteiger partial charge in [0.2, 0.25) is 0 Å². The van der Waals surface area contributed by atoms with E-state index in [1.54, 1.807) is 28.8 Å². The second kappa shape index (κ2) is 10.3. The van der Waals surface area contributed by atoms with E-state index in [1.807, 2.05) is 41.8 Å². The minimum atomic E-state index is -4.47. The Morgan fingerprint density at radius 2 is 1.84 bits per heavy atom. The molecule has 0 radical (unpaired) electrons. The molecule has 1 fully saturated rings. The Morgan fingerprint density at radius 1 is 1.11 bits per heavy atom. The second-order valence-electron chi connectivity index (χ2n) is 9.45. The maximum absolute atomic E-state index is 12.9. The molecule has 38 heavy (non-hydrogen) atoms.